The van der Waals surface area contributed by atoms with Crippen LogP contribution < -0.4 is 20.1 Å². The first-order valence-corrected chi connectivity index (χ1v) is 8.41. The number of halogens is 1. The van der Waals surface area contributed by atoms with Gasteiger partial charge in [0.05, 0.1) is 20.3 Å². The highest BCUT2D eigenvalue weighted by atomic mass is 127. The summed E-state index contributed by atoms with van der Waals surface area (Å²) in [7, 11) is 3.42. The Balaban J connectivity index is 0.00000288. The van der Waals surface area contributed by atoms with Gasteiger partial charge >= 0.3 is 0 Å². The van der Waals surface area contributed by atoms with Crippen LogP contribution in [-0.2, 0) is 13.1 Å². The van der Waals surface area contributed by atoms with Crippen LogP contribution in [0.4, 0.5) is 0 Å². The molecule has 2 aromatic rings. The maximum absolute atomic E-state index is 5.53. The van der Waals surface area contributed by atoms with Crippen molar-refractivity contribution in [3.05, 3.63) is 46.2 Å². The highest BCUT2D eigenvalue weighted by Gasteiger charge is 2.06. The van der Waals surface area contributed by atoms with Crippen molar-refractivity contribution in [2.75, 3.05) is 20.8 Å². The summed E-state index contributed by atoms with van der Waals surface area (Å²) in [5.74, 6) is 2.28. The average Bonchev–Trinajstić information content (AvgIpc) is 3.09. The molecular weight excluding hydrogens is 437 g/mol. The Labute approximate surface area is 164 Å². The molecule has 0 saturated heterocycles. The topological polar surface area (TPSA) is 54.9 Å². The molecule has 5 nitrogen and oxygen atoms in total. The van der Waals surface area contributed by atoms with E-state index in [1.54, 1.807) is 25.5 Å². The zero-order valence-corrected chi connectivity index (χ0v) is 17.3. The number of nitrogens with one attached hydrogen (secondary N) is 2. The number of guanidine groups is 1. The summed E-state index contributed by atoms with van der Waals surface area (Å²) in [6.45, 7) is 4.00. The SMILES string of the molecule is CCOc1ccc(CNC(=NC)NCc2cccs2)cc1OC.I. The predicted molar refractivity (Wildman–Crippen MR) is 111 cm³/mol. The van der Waals surface area contributed by atoms with Crippen LogP contribution in [-0.4, -0.2) is 26.7 Å². The molecule has 7 heteroatoms. The van der Waals surface area contributed by atoms with Gasteiger partial charge in [0.25, 0.3) is 0 Å². The summed E-state index contributed by atoms with van der Waals surface area (Å²) < 4.78 is 10.9. The highest BCUT2D eigenvalue weighted by Crippen LogP contribution is 2.27. The lowest BCUT2D eigenvalue weighted by atomic mass is 10.2. The molecule has 0 amide bonds. The van der Waals surface area contributed by atoms with Crippen LogP contribution in [0.5, 0.6) is 11.5 Å². The second-order valence-electron chi connectivity index (χ2n) is 4.78. The summed E-state index contributed by atoms with van der Waals surface area (Å²) in [4.78, 5) is 5.51. The van der Waals surface area contributed by atoms with Crippen LogP contribution in [0.1, 0.15) is 17.4 Å². The standard InChI is InChI=1S/C17H23N3O2S.HI/c1-4-22-15-8-7-13(10-16(15)21-3)11-19-17(18-2)20-12-14-6-5-9-23-14;/h5-10H,4,11-12H2,1-3H3,(H2,18,19,20);1H. The summed E-state index contributed by atoms with van der Waals surface area (Å²) in [5.41, 5.74) is 1.10. The minimum Gasteiger partial charge on any atom is -0.493 e. The molecule has 1 aromatic carbocycles. The van der Waals surface area contributed by atoms with Crippen molar-refractivity contribution in [3.63, 3.8) is 0 Å². The first-order chi connectivity index (χ1) is 11.3. The van der Waals surface area contributed by atoms with Crippen LogP contribution >= 0.6 is 35.3 Å². The molecule has 0 spiro atoms. The number of rotatable bonds is 7. The minimum absolute atomic E-state index is 0. The van der Waals surface area contributed by atoms with Gasteiger partial charge in [-0.15, -0.1) is 35.3 Å². The normalized spacial score (nSPS) is 10.7. The first kappa shape index (κ1) is 20.6. The Morgan fingerprint density at radius 3 is 2.58 bits per heavy atom. The molecule has 0 radical (unpaired) electrons. The van der Waals surface area contributed by atoms with E-state index in [1.165, 1.54) is 4.88 Å². The fourth-order valence-corrected chi connectivity index (χ4v) is 2.73. The molecule has 2 N–H and O–H groups in total. The van der Waals surface area contributed by atoms with Crippen LogP contribution in [0.3, 0.4) is 0 Å². The van der Waals surface area contributed by atoms with E-state index >= 15 is 0 Å². The molecule has 1 aromatic heterocycles. The van der Waals surface area contributed by atoms with Crippen molar-refractivity contribution in [3.8, 4) is 11.5 Å². The van der Waals surface area contributed by atoms with Crippen molar-refractivity contribution in [1.29, 1.82) is 0 Å². The van der Waals surface area contributed by atoms with E-state index in [0.717, 1.165) is 29.6 Å². The third-order valence-electron chi connectivity index (χ3n) is 3.22. The number of hydrogen-bond acceptors (Lipinski definition) is 4. The van der Waals surface area contributed by atoms with Gasteiger partial charge in [-0.3, -0.25) is 4.99 Å². The second-order valence-corrected chi connectivity index (χ2v) is 5.81. The van der Waals surface area contributed by atoms with Crippen molar-refractivity contribution >= 4 is 41.3 Å². The summed E-state index contributed by atoms with van der Waals surface area (Å²) in [6.07, 6.45) is 0. The number of ether oxygens (including phenoxy) is 2. The van der Waals surface area contributed by atoms with Gasteiger partial charge in [-0.25, -0.2) is 0 Å². The molecule has 1 heterocycles. The monoisotopic (exact) mass is 461 g/mol. The average molecular weight is 461 g/mol. The molecule has 2 rings (SSSR count). The zero-order valence-electron chi connectivity index (χ0n) is 14.2. The van der Waals surface area contributed by atoms with E-state index in [4.69, 9.17) is 9.47 Å². The quantitative estimate of drug-likeness (QED) is 0.376. The van der Waals surface area contributed by atoms with E-state index < -0.39 is 0 Å². The fraction of sp³-hybridized carbons (Fsp3) is 0.353. The lowest BCUT2D eigenvalue weighted by molar-refractivity contribution is 0.310. The number of hydrogen-bond donors (Lipinski definition) is 2. The molecule has 24 heavy (non-hydrogen) atoms. The predicted octanol–water partition coefficient (Wildman–Crippen LogP) is 3.64. The van der Waals surface area contributed by atoms with Gasteiger partial charge in [0.1, 0.15) is 0 Å². The molecule has 0 bridgehead atoms. The van der Waals surface area contributed by atoms with Gasteiger partial charge in [0.2, 0.25) is 0 Å². The van der Waals surface area contributed by atoms with E-state index in [-0.39, 0.29) is 24.0 Å². The van der Waals surface area contributed by atoms with Gasteiger partial charge in [-0.2, -0.15) is 0 Å². The summed E-state index contributed by atoms with van der Waals surface area (Å²) in [5, 5.41) is 8.66. The Morgan fingerprint density at radius 1 is 1.17 bits per heavy atom. The molecule has 0 aliphatic heterocycles. The van der Waals surface area contributed by atoms with Crippen molar-refractivity contribution in [1.82, 2.24) is 10.6 Å². The van der Waals surface area contributed by atoms with Crippen LogP contribution in [0.15, 0.2) is 40.7 Å². The second kappa shape index (κ2) is 11.1. The number of nitrogens with zero attached hydrogens (tertiary/aromatic N) is 1. The molecule has 0 unspecified atom stereocenters. The van der Waals surface area contributed by atoms with E-state index in [0.29, 0.717) is 13.2 Å². The zero-order chi connectivity index (χ0) is 16.5. The van der Waals surface area contributed by atoms with Crippen LogP contribution in [0.2, 0.25) is 0 Å². The third-order valence-corrected chi connectivity index (χ3v) is 4.10. The first-order valence-electron chi connectivity index (χ1n) is 7.53. The molecular formula is C17H24IN3O2S. The number of benzene rings is 1. The third kappa shape index (κ3) is 6.20. The molecule has 0 aliphatic rings. The summed E-state index contributed by atoms with van der Waals surface area (Å²) >= 11 is 1.73. The highest BCUT2D eigenvalue weighted by molar-refractivity contribution is 14.0. The fourth-order valence-electron chi connectivity index (χ4n) is 2.09. The summed E-state index contributed by atoms with van der Waals surface area (Å²) in [6, 6.07) is 10.1. The molecule has 0 fully saturated rings. The van der Waals surface area contributed by atoms with Gasteiger partial charge in [-0.1, -0.05) is 12.1 Å². The molecule has 132 valence electrons. The van der Waals surface area contributed by atoms with Gasteiger partial charge in [0, 0.05) is 18.5 Å². The van der Waals surface area contributed by atoms with Gasteiger partial charge in [0.15, 0.2) is 17.5 Å². The van der Waals surface area contributed by atoms with Gasteiger partial charge in [-0.05, 0) is 36.1 Å². The minimum atomic E-state index is 0. The largest absolute Gasteiger partial charge is 0.493 e. The van der Waals surface area contributed by atoms with Crippen LogP contribution in [0, 0.1) is 0 Å². The smallest absolute Gasteiger partial charge is 0.191 e. The van der Waals surface area contributed by atoms with E-state index in [1.807, 2.05) is 31.2 Å². The Kier molecular flexibility index (Phi) is 9.55. The van der Waals surface area contributed by atoms with Gasteiger partial charge < -0.3 is 20.1 Å². The van der Waals surface area contributed by atoms with Crippen molar-refractivity contribution in [2.45, 2.75) is 20.0 Å². The van der Waals surface area contributed by atoms with Crippen molar-refractivity contribution < 1.29 is 9.47 Å². The van der Waals surface area contributed by atoms with Crippen LogP contribution in [0.25, 0.3) is 0 Å². The Hall–Kier alpha value is -1.48. The lowest BCUT2D eigenvalue weighted by Crippen LogP contribution is -2.36. The molecule has 0 aliphatic carbocycles. The maximum Gasteiger partial charge on any atom is 0.191 e. The maximum atomic E-state index is 5.53. The Bertz CT molecular complexity index is 633. The Morgan fingerprint density at radius 2 is 1.96 bits per heavy atom. The number of aliphatic imine (C=N–C) groups is 1. The van der Waals surface area contributed by atoms with E-state index in [9.17, 15) is 0 Å². The van der Waals surface area contributed by atoms with E-state index in [2.05, 4.69) is 27.1 Å². The molecule has 0 saturated carbocycles. The lowest BCUT2D eigenvalue weighted by Gasteiger charge is -2.13. The molecule has 0 atom stereocenters. The van der Waals surface area contributed by atoms with Crippen molar-refractivity contribution in [2.24, 2.45) is 4.99 Å². The number of thiophene rings is 1. The number of methoxy groups -OCH3 is 1.